The largest absolute Gasteiger partial charge is 0.494 e. The van der Waals surface area contributed by atoms with Crippen LogP contribution in [-0.2, 0) is 0 Å². The van der Waals surface area contributed by atoms with Gasteiger partial charge in [-0.25, -0.2) is 9.97 Å². The van der Waals surface area contributed by atoms with Gasteiger partial charge in [0.1, 0.15) is 5.75 Å². The summed E-state index contributed by atoms with van der Waals surface area (Å²) in [4.78, 5) is 10.2. The van der Waals surface area contributed by atoms with E-state index in [1.54, 1.807) is 31.6 Å². The molecule has 0 unspecified atom stereocenters. The van der Waals surface area contributed by atoms with E-state index in [-0.39, 0.29) is 0 Å². The van der Waals surface area contributed by atoms with Crippen LogP contribution >= 0.6 is 0 Å². The Labute approximate surface area is 99.9 Å². The van der Waals surface area contributed by atoms with Gasteiger partial charge in [0, 0.05) is 31.2 Å². The molecule has 0 aliphatic heterocycles. The molecule has 2 rings (SSSR count). The summed E-state index contributed by atoms with van der Waals surface area (Å²) in [6.07, 6.45) is 3.39. The molecule has 5 heteroatoms. The summed E-state index contributed by atoms with van der Waals surface area (Å²) >= 11 is 0. The van der Waals surface area contributed by atoms with Crippen molar-refractivity contribution in [2.24, 2.45) is 0 Å². The first kappa shape index (κ1) is 11.2. The van der Waals surface area contributed by atoms with Crippen LogP contribution in [0.25, 0.3) is 0 Å². The third kappa shape index (κ3) is 2.28. The fourth-order valence-corrected chi connectivity index (χ4v) is 1.54. The first-order valence-corrected chi connectivity index (χ1v) is 5.16. The second-order valence-electron chi connectivity index (χ2n) is 3.54. The van der Waals surface area contributed by atoms with Gasteiger partial charge in [-0.15, -0.1) is 0 Å². The number of aromatic nitrogens is 2. The number of hydrogen-bond donors (Lipinski definition) is 1. The molecule has 1 aromatic carbocycles. The van der Waals surface area contributed by atoms with Crippen molar-refractivity contribution in [3.8, 4) is 5.75 Å². The van der Waals surface area contributed by atoms with Crippen LogP contribution in [-0.4, -0.2) is 24.1 Å². The van der Waals surface area contributed by atoms with E-state index in [2.05, 4.69) is 9.97 Å². The van der Waals surface area contributed by atoms with Gasteiger partial charge in [-0.1, -0.05) is 0 Å². The number of anilines is 3. The fourth-order valence-electron chi connectivity index (χ4n) is 1.54. The molecule has 1 heterocycles. The van der Waals surface area contributed by atoms with Crippen LogP contribution < -0.4 is 15.4 Å². The minimum Gasteiger partial charge on any atom is -0.494 e. The van der Waals surface area contributed by atoms with Crippen LogP contribution in [0.15, 0.2) is 36.7 Å². The molecule has 0 saturated heterocycles. The van der Waals surface area contributed by atoms with Crippen LogP contribution in [0.2, 0.25) is 0 Å². The Morgan fingerprint density at radius 2 is 1.94 bits per heavy atom. The van der Waals surface area contributed by atoms with Crippen LogP contribution in [0.3, 0.4) is 0 Å². The van der Waals surface area contributed by atoms with Crippen LogP contribution in [0.1, 0.15) is 0 Å². The van der Waals surface area contributed by atoms with Crippen LogP contribution in [0.4, 0.5) is 17.3 Å². The lowest BCUT2D eigenvalue weighted by Gasteiger charge is -2.19. The molecule has 2 aromatic rings. The van der Waals surface area contributed by atoms with E-state index < -0.39 is 0 Å². The molecule has 0 aliphatic rings. The Balaban J connectivity index is 2.40. The molecule has 0 atom stereocenters. The number of ether oxygens (including phenoxy) is 1. The molecular weight excluding hydrogens is 216 g/mol. The summed E-state index contributed by atoms with van der Waals surface area (Å²) in [6.45, 7) is 0. The van der Waals surface area contributed by atoms with E-state index in [4.69, 9.17) is 10.5 Å². The lowest BCUT2D eigenvalue weighted by Crippen LogP contribution is -2.13. The Morgan fingerprint density at radius 1 is 1.24 bits per heavy atom. The third-order valence-corrected chi connectivity index (χ3v) is 2.42. The van der Waals surface area contributed by atoms with Crippen molar-refractivity contribution in [3.63, 3.8) is 0 Å². The van der Waals surface area contributed by atoms with Gasteiger partial charge >= 0.3 is 0 Å². The van der Waals surface area contributed by atoms with Gasteiger partial charge in [-0.05, 0) is 18.2 Å². The number of nitrogens with two attached hydrogens (primary N) is 1. The molecule has 17 heavy (non-hydrogen) atoms. The van der Waals surface area contributed by atoms with Gasteiger partial charge in [-0.3, -0.25) is 0 Å². The summed E-state index contributed by atoms with van der Waals surface area (Å²) in [5, 5.41) is 0. The maximum Gasteiger partial charge on any atom is 0.229 e. The highest BCUT2D eigenvalue weighted by atomic mass is 16.5. The summed E-state index contributed by atoms with van der Waals surface area (Å²) < 4.78 is 5.29. The quantitative estimate of drug-likeness (QED) is 0.815. The fraction of sp³-hybridized carbons (Fsp3) is 0.167. The molecule has 0 bridgehead atoms. The van der Waals surface area contributed by atoms with Gasteiger partial charge in [0.25, 0.3) is 0 Å². The SMILES string of the molecule is COc1cc(N)ccc1N(C)c1ncccn1. The van der Waals surface area contributed by atoms with Crippen molar-refractivity contribution in [1.82, 2.24) is 9.97 Å². The number of nitrogen functional groups attached to an aromatic ring is 1. The molecular formula is C12H14N4O. The van der Waals surface area contributed by atoms with E-state index in [0.717, 1.165) is 5.69 Å². The van der Waals surface area contributed by atoms with E-state index in [1.165, 1.54) is 0 Å². The molecule has 0 fully saturated rings. The Kier molecular flexibility index (Phi) is 3.09. The van der Waals surface area contributed by atoms with Gasteiger partial charge in [0.2, 0.25) is 5.95 Å². The van der Waals surface area contributed by atoms with Crippen molar-refractivity contribution in [3.05, 3.63) is 36.7 Å². The predicted molar refractivity (Wildman–Crippen MR) is 67.5 cm³/mol. The summed E-state index contributed by atoms with van der Waals surface area (Å²) in [5.41, 5.74) is 7.24. The maximum atomic E-state index is 5.71. The minimum absolute atomic E-state index is 0.607. The number of rotatable bonds is 3. The molecule has 88 valence electrons. The van der Waals surface area contributed by atoms with Crippen LogP contribution in [0.5, 0.6) is 5.75 Å². The first-order chi connectivity index (χ1) is 8.22. The van der Waals surface area contributed by atoms with Crippen molar-refractivity contribution in [2.75, 3.05) is 24.8 Å². The second-order valence-corrected chi connectivity index (χ2v) is 3.54. The molecule has 0 radical (unpaired) electrons. The zero-order valence-corrected chi connectivity index (χ0v) is 9.79. The van der Waals surface area contributed by atoms with E-state index in [0.29, 0.717) is 17.4 Å². The topological polar surface area (TPSA) is 64.3 Å². The number of nitrogens with zero attached hydrogens (tertiary/aromatic N) is 3. The number of benzene rings is 1. The minimum atomic E-state index is 0.607. The highest BCUT2D eigenvalue weighted by Crippen LogP contribution is 2.32. The molecule has 1 aromatic heterocycles. The van der Waals surface area contributed by atoms with Crippen LogP contribution in [0, 0.1) is 0 Å². The zero-order valence-electron chi connectivity index (χ0n) is 9.79. The van der Waals surface area contributed by atoms with Gasteiger partial charge < -0.3 is 15.4 Å². The smallest absolute Gasteiger partial charge is 0.229 e. The summed E-state index contributed by atoms with van der Waals surface area (Å²) in [6, 6.07) is 7.24. The third-order valence-electron chi connectivity index (χ3n) is 2.42. The molecule has 5 nitrogen and oxygen atoms in total. The van der Waals surface area contributed by atoms with Crippen molar-refractivity contribution >= 4 is 17.3 Å². The maximum absolute atomic E-state index is 5.71. The Morgan fingerprint density at radius 3 is 2.59 bits per heavy atom. The Bertz CT molecular complexity index is 501. The molecule has 2 N–H and O–H groups in total. The monoisotopic (exact) mass is 230 g/mol. The predicted octanol–water partition coefficient (Wildman–Crippen LogP) is 1.84. The zero-order chi connectivity index (χ0) is 12.3. The molecule has 0 amide bonds. The second kappa shape index (κ2) is 4.69. The average molecular weight is 230 g/mol. The van der Waals surface area contributed by atoms with E-state index in [9.17, 15) is 0 Å². The molecule has 0 aliphatic carbocycles. The normalized spacial score (nSPS) is 10.0. The highest BCUT2D eigenvalue weighted by Gasteiger charge is 2.11. The Hall–Kier alpha value is -2.30. The number of hydrogen-bond acceptors (Lipinski definition) is 5. The summed E-state index contributed by atoms with van der Waals surface area (Å²) in [5.74, 6) is 1.30. The molecule has 0 saturated carbocycles. The van der Waals surface area contributed by atoms with Crippen molar-refractivity contribution in [2.45, 2.75) is 0 Å². The van der Waals surface area contributed by atoms with Gasteiger partial charge in [0.05, 0.1) is 12.8 Å². The highest BCUT2D eigenvalue weighted by molar-refractivity contribution is 5.68. The van der Waals surface area contributed by atoms with E-state index >= 15 is 0 Å². The van der Waals surface area contributed by atoms with Crippen molar-refractivity contribution in [1.29, 1.82) is 0 Å². The van der Waals surface area contributed by atoms with Gasteiger partial charge in [-0.2, -0.15) is 0 Å². The lowest BCUT2D eigenvalue weighted by molar-refractivity contribution is 0.416. The molecule has 0 spiro atoms. The summed E-state index contributed by atoms with van der Waals surface area (Å²) in [7, 11) is 3.49. The van der Waals surface area contributed by atoms with E-state index in [1.807, 2.05) is 24.1 Å². The number of methoxy groups -OCH3 is 1. The van der Waals surface area contributed by atoms with Gasteiger partial charge in [0.15, 0.2) is 0 Å². The standard InChI is InChI=1S/C12H14N4O/c1-16(12-14-6-3-7-15-12)10-5-4-9(13)8-11(10)17-2/h3-8H,13H2,1-2H3. The average Bonchev–Trinajstić information content (AvgIpc) is 2.39. The first-order valence-electron chi connectivity index (χ1n) is 5.16. The lowest BCUT2D eigenvalue weighted by atomic mass is 10.2. The van der Waals surface area contributed by atoms with Crippen molar-refractivity contribution < 1.29 is 4.74 Å².